The van der Waals surface area contributed by atoms with Crippen molar-refractivity contribution in [1.29, 1.82) is 0 Å². The number of rotatable bonds is 6. The lowest BCUT2D eigenvalue weighted by molar-refractivity contribution is -0.125. The molecule has 4 rings (SSSR count). The molecule has 3 N–H and O–H groups in total. The number of fused-ring (bicyclic) bond motifs is 1. The maximum atomic E-state index is 13.1. The minimum absolute atomic E-state index is 0.0449. The molecule has 3 amide bonds. The average molecular weight is 452 g/mol. The topological polar surface area (TPSA) is 93.9 Å². The molecule has 0 aromatic heterocycles. The summed E-state index contributed by atoms with van der Waals surface area (Å²) in [5.74, 6) is 0.435. The molecule has 1 fully saturated rings. The van der Waals surface area contributed by atoms with Gasteiger partial charge in [-0.1, -0.05) is 24.3 Å². The first kappa shape index (κ1) is 23.1. The molecule has 7 heteroatoms. The number of primary amides is 1. The third-order valence-corrected chi connectivity index (χ3v) is 7.44. The minimum Gasteiger partial charge on any atom is -0.496 e. The molecule has 2 aliphatic rings. The summed E-state index contributed by atoms with van der Waals surface area (Å²) >= 11 is 0. The Morgan fingerprint density at radius 2 is 1.85 bits per heavy atom. The van der Waals surface area contributed by atoms with Crippen molar-refractivity contribution in [2.24, 2.45) is 5.73 Å². The van der Waals surface area contributed by atoms with E-state index in [1.165, 1.54) is 0 Å². The highest BCUT2D eigenvalue weighted by atomic mass is 16.5. The highest BCUT2D eigenvalue weighted by Gasteiger charge is 2.44. The first-order chi connectivity index (χ1) is 15.8. The van der Waals surface area contributed by atoms with Gasteiger partial charge in [0.2, 0.25) is 5.91 Å². The van der Waals surface area contributed by atoms with Gasteiger partial charge in [0.05, 0.1) is 31.4 Å². The first-order valence-corrected chi connectivity index (χ1v) is 11.4. The second-order valence-electron chi connectivity index (χ2n) is 9.25. The number of nitrogens with zero attached hydrogens (tertiary/aromatic N) is 1. The van der Waals surface area contributed by atoms with Gasteiger partial charge in [0.15, 0.2) is 0 Å². The number of aryl methyl sites for hydroxylation is 2. The third-order valence-electron chi connectivity index (χ3n) is 7.44. The van der Waals surface area contributed by atoms with Gasteiger partial charge in [-0.25, -0.2) is 4.79 Å². The molecule has 1 aliphatic heterocycles. The molecule has 0 radical (unpaired) electrons. The second-order valence-corrected chi connectivity index (χ2v) is 9.25. The number of carbonyl (C=O) groups excluding carboxylic acids is 2. The predicted molar refractivity (Wildman–Crippen MR) is 127 cm³/mol. The molecular weight excluding hydrogens is 418 g/mol. The molecule has 0 atom stereocenters. The third kappa shape index (κ3) is 4.06. The largest absolute Gasteiger partial charge is 0.496 e. The Balaban J connectivity index is 1.57. The number of ether oxygens (including phenoxy) is 2. The number of amides is 3. The summed E-state index contributed by atoms with van der Waals surface area (Å²) in [4.78, 5) is 27.7. The summed E-state index contributed by atoms with van der Waals surface area (Å²) in [6, 6.07) is 9.92. The van der Waals surface area contributed by atoms with E-state index in [0.717, 1.165) is 39.3 Å². The van der Waals surface area contributed by atoms with Crippen LogP contribution in [0.3, 0.4) is 0 Å². The molecule has 1 saturated carbocycles. The number of anilines is 1. The van der Waals surface area contributed by atoms with E-state index in [1.54, 1.807) is 14.2 Å². The van der Waals surface area contributed by atoms with Gasteiger partial charge in [-0.3, -0.25) is 4.79 Å². The molecule has 0 spiro atoms. The van der Waals surface area contributed by atoms with E-state index in [-0.39, 0.29) is 18.0 Å². The Kier molecular flexibility index (Phi) is 6.34. The van der Waals surface area contributed by atoms with Crippen LogP contribution < -0.4 is 15.8 Å². The Labute approximate surface area is 195 Å². The van der Waals surface area contributed by atoms with E-state index < -0.39 is 5.41 Å². The van der Waals surface area contributed by atoms with Gasteiger partial charge in [0, 0.05) is 18.7 Å². The number of benzene rings is 2. The van der Waals surface area contributed by atoms with Crippen LogP contribution in [0.25, 0.3) is 0 Å². The normalized spacial score (nSPS) is 22.5. The highest BCUT2D eigenvalue weighted by Crippen LogP contribution is 2.43. The van der Waals surface area contributed by atoms with E-state index >= 15 is 0 Å². The lowest BCUT2D eigenvalue weighted by Gasteiger charge is -2.44. The Morgan fingerprint density at radius 1 is 1.15 bits per heavy atom. The standard InChI is InChI=1S/C26H33N3O4/c1-16-5-7-18(15-32-3)23-21(16)14-29(25(31)28-23)20-9-11-26(12-10-20,24(27)30)19-8-6-17(2)22(13-19)33-4/h5-8,13,20H,9-12,14-15H2,1-4H3,(H2,27,30)(H,28,31). The summed E-state index contributed by atoms with van der Waals surface area (Å²) in [7, 11) is 3.28. The zero-order valence-electron chi connectivity index (χ0n) is 19.9. The minimum atomic E-state index is -0.747. The molecule has 2 aromatic carbocycles. The maximum Gasteiger partial charge on any atom is 0.322 e. The fourth-order valence-corrected chi connectivity index (χ4v) is 5.35. The zero-order chi connectivity index (χ0) is 23.8. The monoisotopic (exact) mass is 451 g/mol. The van der Waals surface area contributed by atoms with Gasteiger partial charge in [-0.2, -0.15) is 0 Å². The van der Waals surface area contributed by atoms with Crippen LogP contribution in [-0.2, 0) is 28.1 Å². The number of nitrogens with two attached hydrogens (primary N) is 1. The first-order valence-electron chi connectivity index (χ1n) is 11.4. The van der Waals surface area contributed by atoms with Crippen LogP contribution in [0.15, 0.2) is 30.3 Å². The van der Waals surface area contributed by atoms with E-state index in [9.17, 15) is 9.59 Å². The highest BCUT2D eigenvalue weighted by molar-refractivity contribution is 5.94. The van der Waals surface area contributed by atoms with Crippen LogP contribution in [-0.4, -0.2) is 37.1 Å². The van der Waals surface area contributed by atoms with Crippen LogP contribution >= 0.6 is 0 Å². The van der Waals surface area contributed by atoms with E-state index in [0.29, 0.717) is 38.8 Å². The van der Waals surface area contributed by atoms with Gasteiger partial charge < -0.3 is 25.4 Å². The molecule has 33 heavy (non-hydrogen) atoms. The van der Waals surface area contributed by atoms with Crippen molar-refractivity contribution in [3.8, 4) is 5.75 Å². The molecule has 7 nitrogen and oxygen atoms in total. The summed E-state index contributed by atoms with van der Waals surface area (Å²) in [6.45, 7) is 5.04. The van der Waals surface area contributed by atoms with Crippen LogP contribution in [0.2, 0.25) is 0 Å². The lowest BCUT2D eigenvalue weighted by Crippen LogP contribution is -2.51. The number of urea groups is 1. The Morgan fingerprint density at radius 3 is 2.48 bits per heavy atom. The average Bonchev–Trinajstić information content (AvgIpc) is 2.81. The zero-order valence-corrected chi connectivity index (χ0v) is 19.9. The van der Waals surface area contributed by atoms with E-state index in [4.69, 9.17) is 15.2 Å². The van der Waals surface area contributed by atoms with Gasteiger partial charge in [-0.15, -0.1) is 0 Å². The van der Waals surface area contributed by atoms with Crippen molar-refractivity contribution < 1.29 is 19.1 Å². The molecule has 0 saturated heterocycles. The fraction of sp³-hybridized carbons (Fsp3) is 0.462. The van der Waals surface area contributed by atoms with Gasteiger partial charge in [-0.05, 0) is 67.9 Å². The van der Waals surface area contributed by atoms with Crippen molar-refractivity contribution in [2.45, 2.75) is 64.1 Å². The number of hydrogen-bond donors (Lipinski definition) is 2. The number of carbonyl (C=O) groups is 2. The van der Waals surface area contributed by atoms with Gasteiger partial charge in [0.25, 0.3) is 0 Å². The van der Waals surface area contributed by atoms with Gasteiger partial charge >= 0.3 is 6.03 Å². The molecule has 176 valence electrons. The molecule has 1 aliphatic carbocycles. The Hall–Kier alpha value is -3.06. The van der Waals surface area contributed by atoms with Crippen molar-refractivity contribution in [2.75, 3.05) is 19.5 Å². The van der Waals surface area contributed by atoms with Crippen molar-refractivity contribution in [3.05, 3.63) is 58.1 Å². The van der Waals surface area contributed by atoms with Crippen molar-refractivity contribution in [3.63, 3.8) is 0 Å². The van der Waals surface area contributed by atoms with Gasteiger partial charge in [0.1, 0.15) is 5.75 Å². The number of hydrogen-bond acceptors (Lipinski definition) is 4. The molecular formula is C26H33N3O4. The van der Waals surface area contributed by atoms with Crippen LogP contribution in [0.4, 0.5) is 10.5 Å². The summed E-state index contributed by atoms with van der Waals surface area (Å²) in [5, 5.41) is 3.10. The van der Waals surface area contributed by atoms with Crippen LogP contribution in [0, 0.1) is 13.8 Å². The number of methoxy groups -OCH3 is 2. The fourth-order valence-electron chi connectivity index (χ4n) is 5.35. The number of nitrogens with one attached hydrogen (secondary N) is 1. The molecule has 0 bridgehead atoms. The molecule has 1 heterocycles. The lowest BCUT2D eigenvalue weighted by atomic mass is 9.67. The van der Waals surface area contributed by atoms with E-state index in [1.807, 2.05) is 36.1 Å². The molecule has 0 unspecified atom stereocenters. The maximum absolute atomic E-state index is 13.1. The van der Waals surface area contributed by atoms with E-state index in [2.05, 4.69) is 18.3 Å². The van der Waals surface area contributed by atoms with Crippen molar-refractivity contribution >= 4 is 17.6 Å². The van der Waals surface area contributed by atoms with Crippen molar-refractivity contribution in [1.82, 2.24) is 4.90 Å². The van der Waals surface area contributed by atoms with Crippen LogP contribution in [0.1, 0.15) is 53.5 Å². The quantitative estimate of drug-likeness (QED) is 0.689. The van der Waals surface area contributed by atoms with Crippen LogP contribution in [0.5, 0.6) is 5.75 Å². The SMILES string of the molecule is COCc1ccc(C)c2c1NC(=O)N(C1CCC(C(N)=O)(c3ccc(C)c(OC)c3)CC1)C2. The predicted octanol–water partition coefficient (Wildman–Crippen LogP) is 4.17. The summed E-state index contributed by atoms with van der Waals surface area (Å²) in [5.41, 5.74) is 11.2. The summed E-state index contributed by atoms with van der Waals surface area (Å²) < 4.78 is 10.8. The Bertz CT molecular complexity index is 1070. The molecule has 2 aromatic rings. The second kappa shape index (κ2) is 9.06. The smallest absolute Gasteiger partial charge is 0.322 e. The summed E-state index contributed by atoms with van der Waals surface area (Å²) in [6.07, 6.45) is 2.61.